The fourth-order valence-electron chi connectivity index (χ4n) is 6.40. The van der Waals surface area contributed by atoms with Crippen LogP contribution in [0.15, 0.2) is 55.6 Å². The van der Waals surface area contributed by atoms with Gasteiger partial charge in [0.15, 0.2) is 0 Å². The largest absolute Gasteiger partial charge is 0.465 e. The van der Waals surface area contributed by atoms with E-state index >= 15 is 0 Å². The summed E-state index contributed by atoms with van der Waals surface area (Å²) in [5.74, 6) is -2.69. The van der Waals surface area contributed by atoms with E-state index in [1.165, 1.54) is 4.90 Å². The van der Waals surface area contributed by atoms with E-state index < -0.39 is 35.0 Å². The van der Waals surface area contributed by atoms with Gasteiger partial charge >= 0.3 is 5.97 Å². The summed E-state index contributed by atoms with van der Waals surface area (Å²) in [6.45, 7) is 9.92. The van der Waals surface area contributed by atoms with Gasteiger partial charge in [0.05, 0.1) is 24.7 Å². The number of hydrogen-bond acceptors (Lipinski definition) is 6. The average Bonchev–Trinajstić information content (AvgIpc) is 3.48. The molecule has 3 heterocycles. The number of fused-ring (bicyclic) bond motifs is 1. The van der Waals surface area contributed by atoms with Crippen LogP contribution in [0.3, 0.4) is 0 Å². The van der Waals surface area contributed by atoms with Crippen LogP contribution in [-0.4, -0.2) is 76.2 Å². The Morgan fingerprint density at radius 3 is 2.64 bits per heavy atom. The minimum atomic E-state index is -1.14. The molecule has 0 aliphatic carbocycles. The van der Waals surface area contributed by atoms with Gasteiger partial charge in [0.25, 0.3) is 0 Å². The van der Waals surface area contributed by atoms with Gasteiger partial charge in [0.1, 0.15) is 17.6 Å². The maximum absolute atomic E-state index is 14.2. The number of esters is 1. The summed E-state index contributed by atoms with van der Waals surface area (Å²) in [6, 6.07) is 8.67. The molecule has 3 fully saturated rings. The van der Waals surface area contributed by atoms with Gasteiger partial charge in [-0.2, -0.15) is 0 Å². The molecule has 0 aromatic heterocycles. The first kappa shape index (κ1) is 26.1. The number of ether oxygens (including phenoxy) is 2. The third-order valence-corrected chi connectivity index (χ3v) is 7.95. The van der Waals surface area contributed by atoms with Crippen LogP contribution >= 0.6 is 0 Å². The van der Waals surface area contributed by atoms with Gasteiger partial charge in [0, 0.05) is 19.6 Å². The van der Waals surface area contributed by atoms with E-state index in [2.05, 4.69) is 13.2 Å². The molecule has 1 N–H and O–H groups in total. The van der Waals surface area contributed by atoms with Crippen molar-refractivity contribution in [3.05, 3.63) is 61.2 Å². The minimum absolute atomic E-state index is 0.0124. The first-order valence-corrected chi connectivity index (χ1v) is 12.7. The standard InChI is InChI=1S/C28H36N2O6/c1-4-7-18-35-26(34)22-21-24(32)30(16-17-31)23(28(21)14-13-27(22,6-3)36-28)25(33)29(15-5-2)19-20-11-9-8-10-12-20/h4-5,8-12,21-23,31H,1-2,6-7,13-19H2,3H3/t21-,22-,23?,27+,28?/m0/s1. The zero-order chi connectivity index (χ0) is 25.9. The van der Waals surface area contributed by atoms with Gasteiger partial charge in [-0.15, -0.1) is 13.2 Å². The third kappa shape index (κ3) is 4.16. The van der Waals surface area contributed by atoms with E-state index in [0.29, 0.717) is 32.2 Å². The van der Waals surface area contributed by atoms with Crippen LogP contribution in [0.2, 0.25) is 0 Å². The van der Waals surface area contributed by atoms with Gasteiger partial charge in [-0.25, -0.2) is 0 Å². The number of amides is 2. The number of benzene rings is 1. The van der Waals surface area contributed by atoms with Crippen molar-refractivity contribution < 1.29 is 29.0 Å². The Kier molecular flexibility index (Phi) is 7.66. The summed E-state index contributed by atoms with van der Waals surface area (Å²) in [5, 5.41) is 9.79. The van der Waals surface area contributed by atoms with Crippen molar-refractivity contribution in [2.24, 2.45) is 11.8 Å². The lowest BCUT2D eigenvalue weighted by atomic mass is 9.65. The highest BCUT2D eigenvalue weighted by Crippen LogP contribution is 2.64. The number of β-amino-alcohol motifs (C(OH)–C–C–N with tert-alkyl or cyclic N) is 1. The molecule has 36 heavy (non-hydrogen) atoms. The van der Waals surface area contributed by atoms with Crippen molar-refractivity contribution in [3.63, 3.8) is 0 Å². The van der Waals surface area contributed by atoms with E-state index in [-0.39, 0.29) is 38.1 Å². The molecule has 2 amide bonds. The SMILES string of the molecule is C=CCCOC(=O)[C@@H]1[C@H]2C(=O)N(CCO)C(C(=O)N(CC=C)Cc3ccccc3)C23CC[C@@]1(CC)O3. The predicted molar refractivity (Wildman–Crippen MR) is 133 cm³/mol. The fraction of sp³-hybridized carbons (Fsp3) is 0.536. The molecule has 4 rings (SSSR count). The molecule has 194 valence electrons. The number of carbonyl (C=O) groups excluding carboxylic acids is 3. The van der Waals surface area contributed by atoms with Gasteiger partial charge in [-0.3, -0.25) is 14.4 Å². The van der Waals surface area contributed by atoms with Gasteiger partial charge in [-0.1, -0.05) is 49.4 Å². The van der Waals surface area contributed by atoms with E-state index in [9.17, 15) is 19.5 Å². The summed E-state index contributed by atoms with van der Waals surface area (Å²) >= 11 is 0. The van der Waals surface area contributed by atoms with Crippen LogP contribution in [0.1, 0.15) is 38.2 Å². The normalized spacial score (nSPS) is 30.2. The third-order valence-electron chi connectivity index (χ3n) is 7.95. The quantitative estimate of drug-likeness (QED) is 0.271. The Bertz CT molecular complexity index is 1010. The molecule has 0 saturated carbocycles. The highest BCUT2D eigenvalue weighted by molar-refractivity contribution is 5.98. The first-order chi connectivity index (χ1) is 17.4. The number of aliphatic hydroxyl groups is 1. The van der Waals surface area contributed by atoms with E-state index in [0.717, 1.165) is 5.56 Å². The maximum Gasteiger partial charge on any atom is 0.312 e. The molecule has 5 atom stereocenters. The number of carbonyl (C=O) groups is 3. The lowest BCUT2D eigenvalue weighted by molar-refractivity contribution is -0.162. The molecule has 8 heteroatoms. The van der Waals surface area contributed by atoms with E-state index in [1.807, 2.05) is 37.3 Å². The van der Waals surface area contributed by atoms with Crippen molar-refractivity contribution in [2.45, 2.75) is 56.4 Å². The zero-order valence-corrected chi connectivity index (χ0v) is 20.9. The van der Waals surface area contributed by atoms with Crippen molar-refractivity contribution in [1.29, 1.82) is 0 Å². The summed E-state index contributed by atoms with van der Waals surface area (Å²) in [7, 11) is 0. The molecule has 1 spiro atoms. The van der Waals surface area contributed by atoms with Gasteiger partial charge in [0.2, 0.25) is 11.8 Å². The van der Waals surface area contributed by atoms with Crippen LogP contribution < -0.4 is 0 Å². The van der Waals surface area contributed by atoms with Crippen molar-refractivity contribution in [3.8, 4) is 0 Å². The lowest BCUT2D eigenvalue weighted by Gasteiger charge is -2.36. The molecular weight excluding hydrogens is 460 g/mol. The number of nitrogens with zero attached hydrogens (tertiary/aromatic N) is 2. The molecule has 2 unspecified atom stereocenters. The van der Waals surface area contributed by atoms with Crippen molar-refractivity contribution >= 4 is 17.8 Å². The second kappa shape index (κ2) is 10.6. The maximum atomic E-state index is 14.2. The van der Waals surface area contributed by atoms with Gasteiger partial charge < -0.3 is 24.4 Å². The van der Waals surface area contributed by atoms with Crippen LogP contribution in [0.25, 0.3) is 0 Å². The average molecular weight is 497 g/mol. The number of hydrogen-bond donors (Lipinski definition) is 1. The summed E-state index contributed by atoms with van der Waals surface area (Å²) in [5.41, 5.74) is -1.04. The topological polar surface area (TPSA) is 96.4 Å². The Hall–Kier alpha value is -2.97. The Morgan fingerprint density at radius 1 is 1.25 bits per heavy atom. The summed E-state index contributed by atoms with van der Waals surface area (Å²) < 4.78 is 12.2. The second-order valence-electron chi connectivity index (χ2n) is 9.83. The highest BCUT2D eigenvalue weighted by atomic mass is 16.6. The molecule has 1 aromatic carbocycles. The van der Waals surface area contributed by atoms with Crippen LogP contribution in [0, 0.1) is 11.8 Å². The monoisotopic (exact) mass is 496 g/mol. The number of likely N-dealkylation sites (tertiary alicyclic amines) is 1. The summed E-state index contributed by atoms with van der Waals surface area (Å²) in [6.07, 6.45) is 5.41. The molecule has 8 nitrogen and oxygen atoms in total. The van der Waals surface area contributed by atoms with Crippen LogP contribution in [-0.2, 0) is 30.4 Å². The van der Waals surface area contributed by atoms with Gasteiger partial charge in [-0.05, 0) is 31.2 Å². The van der Waals surface area contributed by atoms with Crippen molar-refractivity contribution in [1.82, 2.24) is 9.80 Å². The lowest BCUT2D eigenvalue weighted by Crippen LogP contribution is -2.56. The minimum Gasteiger partial charge on any atom is -0.465 e. The Morgan fingerprint density at radius 2 is 2.00 bits per heavy atom. The smallest absolute Gasteiger partial charge is 0.312 e. The fourth-order valence-corrected chi connectivity index (χ4v) is 6.40. The Labute approximate surface area is 212 Å². The molecule has 3 aliphatic heterocycles. The van der Waals surface area contributed by atoms with E-state index in [1.54, 1.807) is 17.1 Å². The molecule has 3 aliphatic rings. The molecule has 2 bridgehead atoms. The highest BCUT2D eigenvalue weighted by Gasteiger charge is 2.79. The van der Waals surface area contributed by atoms with Crippen molar-refractivity contribution in [2.75, 3.05) is 26.3 Å². The van der Waals surface area contributed by atoms with E-state index in [4.69, 9.17) is 9.47 Å². The zero-order valence-electron chi connectivity index (χ0n) is 20.9. The Balaban J connectivity index is 1.72. The molecule has 0 radical (unpaired) electrons. The molecule has 1 aromatic rings. The first-order valence-electron chi connectivity index (χ1n) is 12.7. The number of rotatable bonds is 12. The van der Waals surface area contributed by atoms with Crippen LogP contribution in [0.5, 0.6) is 0 Å². The predicted octanol–water partition coefficient (Wildman–Crippen LogP) is 2.47. The molecular formula is C28H36N2O6. The number of aliphatic hydroxyl groups excluding tert-OH is 1. The summed E-state index contributed by atoms with van der Waals surface area (Å²) in [4.78, 5) is 44.4. The van der Waals surface area contributed by atoms with Crippen LogP contribution in [0.4, 0.5) is 0 Å². The second-order valence-corrected chi connectivity index (χ2v) is 9.83. The molecule has 3 saturated heterocycles.